The van der Waals surface area contributed by atoms with Crippen molar-refractivity contribution in [3.05, 3.63) is 35.9 Å². The zero-order chi connectivity index (χ0) is 17.3. The van der Waals surface area contributed by atoms with Gasteiger partial charge in [0.2, 0.25) is 0 Å². The number of rotatable bonds is 9. The largest absolute Gasteiger partial charge is 0.450 e. The monoisotopic (exact) mass is 343 g/mol. The number of amides is 1. The molecule has 1 atom stereocenters. The van der Waals surface area contributed by atoms with Gasteiger partial charge in [-0.15, -0.1) is 0 Å². The normalized spacial score (nSPS) is 12.7. The van der Waals surface area contributed by atoms with Crippen LogP contribution in [0.1, 0.15) is 39.0 Å². The lowest BCUT2D eigenvalue weighted by atomic mass is 10.2. The lowest BCUT2D eigenvalue weighted by Gasteiger charge is -2.34. The number of hydrogen-bond acceptors (Lipinski definition) is 5. The molecule has 0 aliphatic heterocycles. The van der Waals surface area contributed by atoms with Gasteiger partial charge in [0.15, 0.2) is 5.78 Å². The summed E-state index contributed by atoms with van der Waals surface area (Å²) in [4.78, 5) is 13.7. The average Bonchev–Trinajstić information content (AvgIpc) is 2.53. The fraction of sp³-hybridized carbons (Fsp3) is 0.562. The molecule has 0 saturated heterocycles. The van der Waals surface area contributed by atoms with Crippen LogP contribution in [-0.4, -0.2) is 37.4 Å². The van der Waals surface area contributed by atoms with Crippen molar-refractivity contribution in [2.45, 2.75) is 33.5 Å². The molecule has 1 rings (SSSR count). The van der Waals surface area contributed by atoms with Gasteiger partial charge >= 0.3 is 13.7 Å². The van der Waals surface area contributed by atoms with E-state index in [1.54, 1.807) is 39.8 Å². The molecule has 0 heterocycles. The van der Waals surface area contributed by atoms with E-state index in [2.05, 4.69) is 0 Å². The SMILES string of the molecule is CCOC(=O)N(CC)[C@@H](c1ccccc1)P(=O)(OCC)OCC. The van der Waals surface area contributed by atoms with Crippen LogP contribution >= 0.6 is 7.60 Å². The number of carbonyl (C=O) groups is 1. The Kier molecular flexibility index (Phi) is 8.31. The molecule has 0 aromatic heterocycles. The minimum Gasteiger partial charge on any atom is -0.450 e. The molecule has 0 radical (unpaired) electrons. The van der Waals surface area contributed by atoms with Crippen molar-refractivity contribution >= 4 is 13.7 Å². The first-order valence-electron chi connectivity index (χ1n) is 7.91. The van der Waals surface area contributed by atoms with Crippen LogP contribution in [-0.2, 0) is 18.3 Å². The second-order valence-electron chi connectivity index (χ2n) is 4.64. The zero-order valence-corrected chi connectivity index (χ0v) is 15.1. The predicted octanol–water partition coefficient (Wildman–Crippen LogP) is 4.43. The molecule has 0 aliphatic carbocycles. The Bertz CT molecular complexity index is 512. The Balaban J connectivity index is 3.35. The van der Waals surface area contributed by atoms with Crippen molar-refractivity contribution in [2.75, 3.05) is 26.4 Å². The Morgan fingerprint density at radius 1 is 1.04 bits per heavy atom. The molecule has 0 N–H and O–H groups in total. The van der Waals surface area contributed by atoms with Crippen LogP contribution in [0.2, 0.25) is 0 Å². The molecule has 0 unspecified atom stereocenters. The summed E-state index contributed by atoms with van der Waals surface area (Å²) in [5.41, 5.74) is 0.688. The van der Waals surface area contributed by atoms with E-state index in [0.717, 1.165) is 0 Å². The lowest BCUT2D eigenvalue weighted by molar-refractivity contribution is 0.0942. The van der Waals surface area contributed by atoms with Crippen molar-refractivity contribution in [1.29, 1.82) is 0 Å². The molecule has 0 saturated carbocycles. The van der Waals surface area contributed by atoms with Crippen molar-refractivity contribution in [1.82, 2.24) is 4.90 Å². The fourth-order valence-electron chi connectivity index (χ4n) is 2.31. The third-order valence-corrected chi connectivity index (χ3v) is 5.57. The molecule has 23 heavy (non-hydrogen) atoms. The van der Waals surface area contributed by atoms with Gasteiger partial charge in [-0.2, -0.15) is 0 Å². The standard InChI is InChI=1S/C16H26NO5P/c1-5-17(16(18)20-6-2)15(14-12-10-9-11-13-14)23(19,21-7-3)22-8-4/h9-13,15H,5-8H2,1-4H3/t15-/m1/s1. The molecule has 0 aliphatic rings. The summed E-state index contributed by atoms with van der Waals surface area (Å²) in [5.74, 6) is -0.840. The Morgan fingerprint density at radius 2 is 1.61 bits per heavy atom. The first kappa shape index (κ1) is 19.7. The number of hydrogen-bond donors (Lipinski definition) is 0. The number of nitrogens with zero attached hydrogens (tertiary/aromatic N) is 1. The van der Waals surface area contributed by atoms with Gasteiger partial charge < -0.3 is 13.8 Å². The van der Waals surface area contributed by atoms with Crippen molar-refractivity contribution in [2.24, 2.45) is 0 Å². The molecular weight excluding hydrogens is 317 g/mol. The van der Waals surface area contributed by atoms with Crippen LogP contribution in [0.3, 0.4) is 0 Å². The summed E-state index contributed by atoms with van der Waals surface area (Å²) in [6.45, 7) is 8.03. The molecule has 7 heteroatoms. The van der Waals surface area contributed by atoms with Crippen molar-refractivity contribution < 1.29 is 23.1 Å². The van der Waals surface area contributed by atoms with Gasteiger partial charge in [0.25, 0.3) is 0 Å². The second kappa shape index (κ2) is 9.71. The highest BCUT2D eigenvalue weighted by Crippen LogP contribution is 2.62. The van der Waals surface area contributed by atoms with Crippen LogP contribution in [0.4, 0.5) is 4.79 Å². The number of ether oxygens (including phenoxy) is 1. The Labute approximate surface area is 138 Å². The van der Waals surface area contributed by atoms with E-state index >= 15 is 0 Å². The molecule has 130 valence electrons. The van der Waals surface area contributed by atoms with Gasteiger partial charge in [0, 0.05) is 6.54 Å². The maximum Gasteiger partial charge on any atom is 0.410 e. The van der Waals surface area contributed by atoms with Crippen LogP contribution in [0, 0.1) is 0 Å². The molecule has 1 aromatic carbocycles. The zero-order valence-electron chi connectivity index (χ0n) is 14.2. The molecule has 1 aromatic rings. The highest BCUT2D eigenvalue weighted by molar-refractivity contribution is 7.54. The summed E-state index contributed by atoms with van der Waals surface area (Å²) < 4.78 is 29.4. The summed E-state index contributed by atoms with van der Waals surface area (Å²) in [6, 6.07) is 9.11. The highest BCUT2D eigenvalue weighted by atomic mass is 31.2. The van der Waals surface area contributed by atoms with Crippen LogP contribution in [0.25, 0.3) is 0 Å². The molecule has 0 bridgehead atoms. The average molecular weight is 343 g/mol. The van der Waals surface area contributed by atoms with E-state index in [4.69, 9.17) is 13.8 Å². The van der Waals surface area contributed by atoms with Crippen LogP contribution in [0.15, 0.2) is 30.3 Å². The molecule has 1 amide bonds. The maximum absolute atomic E-state index is 13.3. The molecular formula is C16H26NO5P. The summed E-state index contributed by atoms with van der Waals surface area (Å²) in [6.07, 6.45) is -0.538. The third kappa shape index (κ3) is 5.06. The van der Waals surface area contributed by atoms with E-state index in [9.17, 15) is 9.36 Å². The fourth-order valence-corrected chi connectivity index (χ4v) is 4.52. The van der Waals surface area contributed by atoms with Gasteiger partial charge in [-0.1, -0.05) is 30.3 Å². The Hall–Kier alpha value is -1.36. The quantitative estimate of drug-likeness (QED) is 0.621. The predicted molar refractivity (Wildman–Crippen MR) is 89.4 cm³/mol. The van der Waals surface area contributed by atoms with E-state index in [0.29, 0.717) is 12.1 Å². The lowest BCUT2D eigenvalue weighted by Crippen LogP contribution is -2.36. The summed E-state index contributed by atoms with van der Waals surface area (Å²) in [5, 5.41) is 0. The number of benzene rings is 1. The second-order valence-corrected chi connectivity index (χ2v) is 6.73. The smallest absolute Gasteiger partial charge is 0.410 e. The number of carbonyl (C=O) groups excluding carboxylic acids is 1. The molecule has 0 spiro atoms. The van der Waals surface area contributed by atoms with Gasteiger partial charge in [-0.25, -0.2) is 4.79 Å². The molecule has 6 nitrogen and oxygen atoms in total. The van der Waals surface area contributed by atoms with Crippen molar-refractivity contribution in [3.63, 3.8) is 0 Å². The van der Waals surface area contributed by atoms with Crippen molar-refractivity contribution in [3.8, 4) is 0 Å². The van der Waals surface area contributed by atoms with Crippen LogP contribution < -0.4 is 0 Å². The van der Waals surface area contributed by atoms with E-state index in [1.165, 1.54) is 4.90 Å². The highest BCUT2D eigenvalue weighted by Gasteiger charge is 2.43. The Morgan fingerprint density at radius 3 is 2.04 bits per heavy atom. The minimum atomic E-state index is -3.58. The minimum absolute atomic E-state index is 0.223. The van der Waals surface area contributed by atoms with Gasteiger partial charge in [0.1, 0.15) is 0 Å². The van der Waals surface area contributed by atoms with Crippen LogP contribution in [0.5, 0.6) is 0 Å². The first-order valence-corrected chi connectivity index (χ1v) is 9.52. The van der Waals surface area contributed by atoms with Gasteiger partial charge in [0.05, 0.1) is 19.8 Å². The first-order chi connectivity index (χ1) is 11.0. The van der Waals surface area contributed by atoms with E-state index in [1.807, 2.05) is 18.2 Å². The molecule has 0 fully saturated rings. The third-order valence-electron chi connectivity index (χ3n) is 3.15. The van der Waals surface area contributed by atoms with Gasteiger partial charge in [-0.3, -0.25) is 9.46 Å². The summed E-state index contributed by atoms with van der Waals surface area (Å²) >= 11 is 0. The maximum atomic E-state index is 13.3. The van der Waals surface area contributed by atoms with E-state index < -0.39 is 19.5 Å². The summed E-state index contributed by atoms with van der Waals surface area (Å²) in [7, 11) is -3.58. The van der Waals surface area contributed by atoms with Gasteiger partial charge in [-0.05, 0) is 33.3 Å². The van der Waals surface area contributed by atoms with E-state index in [-0.39, 0.29) is 19.8 Å². The topological polar surface area (TPSA) is 65.1 Å².